The Morgan fingerprint density at radius 2 is 2.00 bits per heavy atom. The van der Waals surface area contributed by atoms with Crippen LogP contribution in [0.4, 0.5) is 0 Å². The monoisotopic (exact) mass is 417 g/mol. The summed E-state index contributed by atoms with van der Waals surface area (Å²) in [5.74, 6) is 0.153. The van der Waals surface area contributed by atoms with E-state index in [9.17, 15) is 14.4 Å². The van der Waals surface area contributed by atoms with Crippen molar-refractivity contribution in [1.29, 1.82) is 0 Å². The van der Waals surface area contributed by atoms with Crippen LogP contribution in [0.1, 0.15) is 60.7 Å². The normalized spacial score (nSPS) is 21.8. The molecule has 2 aromatic heterocycles. The number of piperidine rings is 1. The van der Waals surface area contributed by atoms with Gasteiger partial charge >= 0.3 is 5.97 Å². The highest BCUT2D eigenvalue weighted by molar-refractivity contribution is 7.20. The lowest BCUT2D eigenvalue weighted by Gasteiger charge is -2.44. The number of hydrogen-bond acceptors (Lipinski definition) is 6. The lowest BCUT2D eigenvalue weighted by Crippen LogP contribution is -2.51. The summed E-state index contributed by atoms with van der Waals surface area (Å²) < 4.78 is 6.46. The Balaban J connectivity index is 1.60. The summed E-state index contributed by atoms with van der Waals surface area (Å²) in [4.78, 5) is 45.5. The molecule has 1 saturated heterocycles. The minimum absolute atomic E-state index is 0.00494. The van der Waals surface area contributed by atoms with E-state index in [2.05, 4.69) is 4.98 Å². The molecule has 7 nitrogen and oxygen atoms in total. The number of esters is 1. The summed E-state index contributed by atoms with van der Waals surface area (Å²) in [6.45, 7) is 4.52. The summed E-state index contributed by atoms with van der Waals surface area (Å²) in [5, 5.41) is 0.405. The average molecular weight is 418 g/mol. The summed E-state index contributed by atoms with van der Waals surface area (Å²) in [6, 6.07) is 0.315. The summed E-state index contributed by atoms with van der Waals surface area (Å²) >= 11 is 1.16. The van der Waals surface area contributed by atoms with Crippen LogP contribution in [0.2, 0.25) is 0 Å². The van der Waals surface area contributed by atoms with Gasteiger partial charge in [0.2, 0.25) is 5.91 Å². The number of carbonyl (C=O) groups excluding carboxylic acids is 2. The molecule has 1 aliphatic carbocycles. The molecule has 2 fully saturated rings. The number of nitrogens with zero attached hydrogens (tertiary/aromatic N) is 3. The fourth-order valence-corrected chi connectivity index (χ4v) is 5.87. The van der Waals surface area contributed by atoms with Crippen molar-refractivity contribution in [3.05, 3.63) is 27.1 Å². The van der Waals surface area contributed by atoms with Gasteiger partial charge < -0.3 is 9.64 Å². The van der Waals surface area contributed by atoms with Crippen LogP contribution < -0.4 is 5.56 Å². The van der Waals surface area contributed by atoms with E-state index >= 15 is 0 Å². The van der Waals surface area contributed by atoms with Crippen LogP contribution in [0.3, 0.4) is 0 Å². The van der Waals surface area contributed by atoms with Crippen molar-refractivity contribution in [1.82, 2.24) is 14.5 Å². The zero-order valence-electron chi connectivity index (χ0n) is 17.0. The van der Waals surface area contributed by atoms with Crippen LogP contribution in [0.5, 0.6) is 0 Å². The molecule has 0 unspecified atom stereocenters. The molecule has 0 spiro atoms. The highest BCUT2D eigenvalue weighted by Crippen LogP contribution is 2.35. The van der Waals surface area contributed by atoms with Crippen molar-refractivity contribution in [2.75, 3.05) is 13.2 Å². The van der Waals surface area contributed by atoms with Crippen LogP contribution >= 0.6 is 11.3 Å². The van der Waals surface area contributed by atoms with Crippen molar-refractivity contribution in [3.8, 4) is 0 Å². The van der Waals surface area contributed by atoms with Gasteiger partial charge in [-0.15, -0.1) is 11.3 Å². The largest absolute Gasteiger partial charge is 0.462 e. The third-order valence-corrected chi connectivity index (χ3v) is 7.43. The lowest BCUT2D eigenvalue weighted by atomic mass is 9.78. The maximum absolute atomic E-state index is 13.1. The number of amides is 1. The Hall–Kier alpha value is -2.22. The van der Waals surface area contributed by atoms with Crippen LogP contribution in [-0.4, -0.2) is 45.5 Å². The Morgan fingerprint density at radius 1 is 1.24 bits per heavy atom. The molecule has 1 amide bonds. The average Bonchev–Trinajstić information content (AvgIpc) is 3.07. The lowest BCUT2D eigenvalue weighted by molar-refractivity contribution is -0.138. The van der Waals surface area contributed by atoms with Crippen molar-refractivity contribution < 1.29 is 14.3 Å². The van der Waals surface area contributed by atoms with Gasteiger partial charge in [0, 0.05) is 12.6 Å². The first-order valence-corrected chi connectivity index (χ1v) is 11.3. The summed E-state index contributed by atoms with van der Waals surface area (Å²) in [5.41, 5.74) is 0.304. The molecule has 2 aliphatic rings. The molecule has 1 saturated carbocycles. The van der Waals surface area contributed by atoms with Gasteiger partial charge in [-0.25, -0.2) is 9.78 Å². The highest BCUT2D eigenvalue weighted by atomic mass is 32.1. The number of rotatable bonds is 4. The predicted molar refractivity (Wildman–Crippen MR) is 111 cm³/mol. The number of likely N-dealkylation sites (tertiary alicyclic amines) is 1. The van der Waals surface area contributed by atoms with E-state index in [0.29, 0.717) is 32.6 Å². The number of carbonyl (C=O) groups is 2. The van der Waals surface area contributed by atoms with Gasteiger partial charge in [-0.2, -0.15) is 0 Å². The molecule has 0 radical (unpaired) electrons. The quantitative estimate of drug-likeness (QED) is 0.714. The Bertz CT molecular complexity index is 994. The van der Waals surface area contributed by atoms with Crippen molar-refractivity contribution in [2.45, 2.75) is 65.0 Å². The number of hydrogen-bond donors (Lipinski definition) is 0. The SMILES string of the molecule is CCOC(=O)c1sc2ncn(CC(=O)N3CCC[C@H]4CCCC[C@@H]43)c(=O)c2c1C. The summed E-state index contributed by atoms with van der Waals surface area (Å²) in [6.07, 6.45) is 8.35. The van der Waals surface area contributed by atoms with E-state index in [0.717, 1.165) is 30.7 Å². The van der Waals surface area contributed by atoms with Crippen LogP contribution in [0.15, 0.2) is 11.1 Å². The van der Waals surface area contributed by atoms with E-state index in [-0.39, 0.29) is 24.6 Å². The van der Waals surface area contributed by atoms with E-state index < -0.39 is 5.97 Å². The van der Waals surface area contributed by atoms with E-state index in [4.69, 9.17) is 4.74 Å². The smallest absolute Gasteiger partial charge is 0.348 e. The van der Waals surface area contributed by atoms with Gasteiger partial charge in [-0.3, -0.25) is 14.2 Å². The first-order chi connectivity index (χ1) is 14.0. The van der Waals surface area contributed by atoms with Gasteiger partial charge in [0.25, 0.3) is 5.56 Å². The molecular formula is C21H27N3O4S. The molecule has 1 aliphatic heterocycles. The third kappa shape index (κ3) is 3.70. The zero-order valence-corrected chi connectivity index (χ0v) is 17.8. The number of aryl methyl sites for hydroxylation is 1. The van der Waals surface area contributed by atoms with Crippen molar-refractivity contribution in [2.24, 2.45) is 5.92 Å². The van der Waals surface area contributed by atoms with Gasteiger partial charge in [-0.05, 0) is 51.0 Å². The first-order valence-electron chi connectivity index (χ1n) is 10.5. The number of ether oxygens (including phenoxy) is 1. The molecule has 4 rings (SSSR count). The minimum Gasteiger partial charge on any atom is -0.462 e. The molecule has 3 heterocycles. The second kappa shape index (κ2) is 8.26. The molecule has 29 heavy (non-hydrogen) atoms. The maximum atomic E-state index is 13.1. The Kier molecular flexibility index (Phi) is 5.72. The van der Waals surface area contributed by atoms with Crippen LogP contribution in [0, 0.1) is 12.8 Å². The van der Waals surface area contributed by atoms with Gasteiger partial charge in [0.1, 0.15) is 16.3 Å². The molecular weight excluding hydrogens is 390 g/mol. The third-order valence-electron chi connectivity index (χ3n) is 6.25. The van der Waals surface area contributed by atoms with E-state index in [1.165, 1.54) is 36.6 Å². The molecule has 156 valence electrons. The van der Waals surface area contributed by atoms with Crippen LogP contribution in [-0.2, 0) is 16.1 Å². The topological polar surface area (TPSA) is 81.5 Å². The molecule has 0 bridgehead atoms. The molecule has 2 aromatic rings. The minimum atomic E-state index is -0.438. The zero-order chi connectivity index (χ0) is 20.5. The second-order valence-electron chi connectivity index (χ2n) is 7.98. The fraction of sp³-hybridized carbons (Fsp3) is 0.619. The first kappa shape index (κ1) is 20.1. The molecule has 0 N–H and O–H groups in total. The second-order valence-corrected chi connectivity index (χ2v) is 8.97. The van der Waals surface area contributed by atoms with E-state index in [1.807, 2.05) is 4.90 Å². The number of aromatic nitrogens is 2. The highest BCUT2D eigenvalue weighted by Gasteiger charge is 2.35. The molecule has 0 aromatic carbocycles. The van der Waals surface area contributed by atoms with Gasteiger partial charge in [0.05, 0.1) is 18.3 Å². The Labute approximate surface area is 173 Å². The summed E-state index contributed by atoms with van der Waals surface area (Å²) in [7, 11) is 0. The fourth-order valence-electron chi connectivity index (χ4n) is 4.83. The van der Waals surface area contributed by atoms with E-state index in [1.54, 1.807) is 13.8 Å². The standard InChI is InChI=1S/C21H27N3O4S/c1-3-28-21(27)18-13(2)17-19(29-18)22-12-23(20(17)26)11-16(25)24-10-6-8-14-7-4-5-9-15(14)24/h12,14-15H,3-11H2,1-2H3/t14-,15+/m1/s1. The van der Waals surface area contributed by atoms with Crippen LogP contribution in [0.25, 0.3) is 10.2 Å². The Morgan fingerprint density at radius 3 is 2.79 bits per heavy atom. The molecule has 2 atom stereocenters. The number of thiophene rings is 1. The maximum Gasteiger partial charge on any atom is 0.348 e. The number of fused-ring (bicyclic) bond motifs is 2. The van der Waals surface area contributed by atoms with Gasteiger partial charge in [0.15, 0.2) is 0 Å². The molecule has 8 heteroatoms. The van der Waals surface area contributed by atoms with Crippen molar-refractivity contribution in [3.63, 3.8) is 0 Å². The van der Waals surface area contributed by atoms with Gasteiger partial charge in [-0.1, -0.05) is 12.8 Å². The predicted octanol–water partition coefficient (Wildman–Crippen LogP) is 3.12. The van der Waals surface area contributed by atoms with Crippen molar-refractivity contribution >= 4 is 33.4 Å².